The lowest BCUT2D eigenvalue weighted by molar-refractivity contribution is 0.343. The van der Waals surface area contributed by atoms with E-state index in [0.29, 0.717) is 0 Å². The second-order valence-electron chi connectivity index (χ2n) is 2.00. The number of nitrogens with zero attached hydrogens (tertiary/aromatic N) is 1. The van der Waals surface area contributed by atoms with Gasteiger partial charge in [0.1, 0.15) is 0 Å². The maximum atomic E-state index is 8.43. The fourth-order valence-corrected chi connectivity index (χ4v) is 0.702. The topological polar surface area (TPSA) is 48.9 Å². The van der Waals surface area contributed by atoms with Crippen molar-refractivity contribution in [2.45, 2.75) is 6.92 Å². The summed E-state index contributed by atoms with van der Waals surface area (Å²) in [6, 6.07) is 0. The van der Waals surface area contributed by atoms with Crippen LogP contribution in [0.3, 0.4) is 0 Å². The lowest BCUT2D eigenvalue weighted by atomic mass is 10.3. The molecule has 0 unspecified atom stereocenters. The standard InChI is InChI=1S/C7H10N2O/c1-6-7(3-2-4-10)9-5-8-6/h2-3,5,10H,4H2,1H3,(H,8,9). The highest BCUT2D eigenvalue weighted by molar-refractivity contribution is 5.46. The molecular weight excluding hydrogens is 128 g/mol. The molecule has 10 heavy (non-hydrogen) atoms. The summed E-state index contributed by atoms with van der Waals surface area (Å²) in [5.74, 6) is 0. The predicted molar refractivity (Wildman–Crippen MR) is 39.4 cm³/mol. The van der Waals surface area contributed by atoms with Crippen molar-refractivity contribution in [3.8, 4) is 0 Å². The largest absolute Gasteiger partial charge is 0.392 e. The second kappa shape index (κ2) is 3.17. The molecule has 0 bridgehead atoms. The second-order valence-corrected chi connectivity index (χ2v) is 2.00. The highest BCUT2D eigenvalue weighted by atomic mass is 16.2. The van der Waals surface area contributed by atoms with Crippen molar-refractivity contribution < 1.29 is 5.11 Å². The molecule has 0 aromatic carbocycles. The van der Waals surface area contributed by atoms with Crippen LogP contribution in [-0.4, -0.2) is 21.7 Å². The smallest absolute Gasteiger partial charge is 0.0929 e. The first-order chi connectivity index (χ1) is 4.84. The number of aromatic amines is 1. The van der Waals surface area contributed by atoms with E-state index in [1.807, 2.05) is 6.92 Å². The highest BCUT2D eigenvalue weighted by Gasteiger charge is 1.92. The summed E-state index contributed by atoms with van der Waals surface area (Å²) >= 11 is 0. The third kappa shape index (κ3) is 1.45. The van der Waals surface area contributed by atoms with Gasteiger partial charge in [-0.1, -0.05) is 6.08 Å². The average molecular weight is 138 g/mol. The first-order valence-electron chi connectivity index (χ1n) is 3.12. The number of aryl methyl sites for hydroxylation is 1. The Labute approximate surface area is 59.4 Å². The van der Waals surface area contributed by atoms with Gasteiger partial charge in [0.25, 0.3) is 0 Å². The molecule has 3 heteroatoms. The van der Waals surface area contributed by atoms with E-state index in [2.05, 4.69) is 9.97 Å². The quantitative estimate of drug-likeness (QED) is 0.632. The molecule has 1 aromatic rings. The number of nitrogens with one attached hydrogen (secondary N) is 1. The number of aliphatic hydroxyl groups excluding tert-OH is 1. The molecule has 1 aromatic heterocycles. The van der Waals surface area contributed by atoms with Gasteiger partial charge in [0.05, 0.1) is 18.6 Å². The molecule has 1 rings (SSSR count). The van der Waals surface area contributed by atoms with Gasteiger partial charge in [0.2, 0.25) is 0 Å². The molecule has 0 spiro atoms. The summed E-state index contributed by atoms with van der Waals surface area (Å²) in [5.41, 5.74) is 1.90. The van der Waals surface area contributed by atoms with Gasteiger partial charge < -0.3 is 10.1 Å². The molecular formula is C7H10N2O. The summed E-state index contributed by atoms with van der Waals surface area (Å²) in [6.07, 6.45) is 5.07. The Morgan fingerprint density at radius 2 is 2.60 bits per heavy atom. The number of aliphatic hydroxyl groups is 1. The molecule has 0 aliphatic heterocycles. The van der Waals surface area contributed by atoms with Gasteiger partial charge >= 0.3 is 0 Å². The van der Waals surface area contributed by atoms with Crippen LogP contribution >= 0.6 is 0 Å². The Kier molecular flexibility index (Phi) is 2.23. The number of aromatic nitrogens is 2. The highest BCUT2D eigenvalue weighted by Crippen LogP contribution is 2.01. The third-order valence-electron chi connectivity index (χ3n) is 1.25. The Bertz CT molecular complexity index is 227. The maximum absolute atomic E-state index is 8.43. The molecule has 0 saturated heterocycles. The van der Waals surface area contributed by atoms with Crippen molar-refractivity contribution in [1.82, 2.24) is 9.97 Å². The Hall–Kier alpha value is -1.09. The van der Waals surface area contributed by atoms with Gasteiger partial charge in [-0.2, -0.15) is 0 Å². The lowest BCUT2D eigenvalue weighted by Gasteiger charge is -1.85. The van der Waals surface area contributed by atoms with Crippen LogP contribution in [0.25, 0.3) is 6.08 Å². The van der Waals surface area contributed by atoms with Crippen molar-refractivity contribution in [3.63, 3.8) is 0 Å². The van der Waals surface area contributed by atoms with Crippen LogP contribution in [-0.2, 0) is 0 Å². The minimum Gasteiger partial charge on any atom is -0.392 e. The molecule has 0 fully saturated rings. The molecule has 3 nitrogen and oxygen atoms in total. The van der Waals surface area contributed by atoms with Gasteiger partial charge in [-0.15, -0.1) is 0 Å². The van der Waals surface area contributed by atoms with E-state index >= 15 is 0 Å². The summed E-state index contributed by atoms with van der Waals surface area (Å²) in [4.78, 5) is 6.93. The SMILES string of the molecule is Cc1[nH]cnc1C=CCO. The van der Waals surface area contributed by atoms with Crippen molar-refractivity contribution in [2.75, 3.05) is 6.61 Å². The summed E-state index contributed by atoms with van der Waals surface area (Å²) in [6.45, 7) is 2.00. The summed E-state index contributed by atoms with van der Waals surface area (Å²) < 4.78 is 0. The van der Waals surface area contributed by atoms with Crippen LogP contribution in [0, 0.1) is 6.92 Å². The Morgan fingerprint density at radius 3 is 3.10 bits per heavy atom. The van der Waals surface area contributed by atoms with Gasteiger partial charge in [-0.25, -0.2) is 4.98 Å². The van der Waals surface area contributed by atoms with E-state index < -0.39 is 0 Å². The lowest BCUT2D eigenvalue weighted by Crippen LogP contribution is -1.77. The maximum Gasteiger partial charge on any atom is 0.0929 e. The minimum absolute atomic E-state index is 0.0618. The predicted octanol–water partition coefficient (Wildman–Crippen LogP) is 0.724. The molecule has 2 N–H and O–H groups in total. The molecule has 0 aliphatic rings. The molecule has 1 heterocycles. The zero-order valence-electron chi connectivity index (χ0n) is 5.83. The van der Waals surface area contributed by atoms with Crippen LogP contribution in [0.1, 0.15) is 11.4 Å². The molecule has 0 atom stereocenters. The van der Waals surface area contributed by atoms with Crippen LogP contribution in [0.15, 0.2) is 12.4 Å². The number of H-pyrrole nitrogens is 1. The fraction of sp³-hybridized carbons (Fsp3) is 0.286. The summed E-state index contributed by atoms with van der Waals surface area (Å²) in [5, 5.41) is 8.43. The first kappa shape index (κ1) is 7.02. The molecule has 0 saturated carbocycles. The van der Waals surface area contributed by atoms with E-state index in [-0.39, 0.29) is 6.61 Å². The first-order valence-corrected chi connectivity index (χ1v) is 3.12. The number of rotatable bonds is 2. The molecule has 54 valence electrons. The van der Waals surface area contributed by atoms with Gasteiger partial charge in [-0.05, 0) is 13.0 Å². The van der Waals surface area contributed by atoms with E-state index in [4.69, 9.17) is 5.11 Å². The van der Waals surface area contributed by atoms with E-state index in [9.17, 15) is 0 Å². The monoisotopic (exact) mass is 138 g/mol. The van der Waals surface area contributed by atoms with Crippen LogP contribution in [0.5, 0.6) is 0 Å². The van der Waals surface area contributed by atoms with E-state index in [1.54, 1.807) is 18.5 Å². The van der Waals surface area contributed by atoms with Gasteiger partial charge in [0.15, 0.2) is 0 Å². The normalized spacial score (nSPS) is 11.0. The molecule has 0 amide bonds. The van der Waals surface area contributed by atoms with E-state index in [0.717, 1.165) is 11.4 Å². The number of hydrogen-bond acceptors (Lipinski definition) is 2. The Morgan fingerprint density at radius 1 is 1.80 bits per heavy atom. The number of imidazole rings is 1. The van der Waals surface area contributed by atoms with Crippen LogP contribution < -0.4 is 0 Å². The van der Waals surface area contributed by atoms with Crippen LogP contribution in [0.2, 0.25) is 0 Å². The average Bonchev–Trinajstić information content (AvgIpc) is 2.31. The zero-order chi connectivity index (χ0) is 7.40. The van der Waals surface area contributed by atoms with Crippen LogP contribution in [0.4, 0.5) is 0 Å². The van der Waals surface area contributed by atoms with Crippen molar-refractivity contribution in [3.05, 3.63) is 23.8 Å². The van der Waals surface area contributed by atoms with E-state index in [1.165, 1.54) is 0 Å². The van der Waals surface area contributed by atoms with Crippen molar-refractivity contribution in [2.24, 2.45) is 0 Å². The van der Waals surface area contributed by atoms with Crippen molar-refractivity contribution >= 4 is 6.08 Å². The van der Waals surface area contributed by atoms with Crippen molar-refractivity contribution in [1.29, 1.82) is 0 Å². The number of hydrogen-bond donors (Lipinski definition) is 2. The van der Waals surface area contributed by atoms with Gasteiger partial charge in [-0.3, -0.25) is 0 Å². The zero-order valence-corrected chi connectivity index (χ0v) is 5.83. The Balaban J connectivity index is 2.74. The third-order valence-corrected chi connectivity index (χ3v) is 1.25. The fourth-order valence-electron chi connectivity index (χ4n) is 0.702. The molecule has 0 aliphatic carbocycles. The molecule has 0 radical (unpaired) electrons. The van der Waals surface area contributed by atoms with Gasteiger partial charge in [0, 0.05) is 5.69 Å². The summed E-state index contributed by atoms with van der Waals surface area (Å²) in [7, 11) is 0. The minimum atomic E-state index is 0.0618.